The fourth-order valence-electron chi connectivity index (χ4n) is 4.98. The van der Waals surface area contributed by atoms with E-state index in [0.29, 0.717) is 0 Å². The van der Waals surface area contributed by atoms with Crippen LogP contribution in [0.1, 0.15) is 41.5 Å². The van der Waals surface area contributed by atoms with Crippen molar-refractivity contribution in [1.82, 2.24) is 0 Å². The largest absolute Gasteiger partial charge is 0.223 e. The van der Waals surface area contributed by atoms with Crippen molar-refractivity contribution in [3.05, 3.63) is 182 Å². The fraction of sp³-hybridized carbons (Fsp3) is 0.250. The minimum Gasteiger partial charge on any atom is -0.223 e. The lowest BCUT2D eigenvalue weighted by Gasteiger charge is -2.10. The van der Waals surface area contributed by atoms with E-state index in [2.05, 4.69) is 0 Å². The molecule has 0 atom stereocenters. The van der Waals surface area contributed by atoms with E-state index in [1.54, 1.807) is 151 Å². The number of hydrogen-bond acceptors (Lipinski definition) is 12. The molecule has 2 rings (SSSR count). The van der Waals surface area contributed by atoms with Crippen LogP contribution in [0, 0.1) is 0 Å². The second kappa shape index (κ2) is 28.9. The lowest BCUT2D eigenvalue weighted by Crippen LogP contribution is -2.13. The molecule has 0 spiro atoms. The Bertz CT molecular complexity index is 2440. The summed E-state index contributed by atoms with van der Waals surface area (Å²) in [5, 5.41) is 0. The Morgan fingerprint density at radius 1 is 0.242 bits per heavy atom. The third-order valence-corrected chi connectivity index (χ3v) is 17.9. The number of benzene rings is 2. The van der Waals surface area contributed by atoms with Gasteiger partial charge in [-0.25, -0.2) is 50.5 Å². The summed E-state index contributed by atoms with van der Waals surface area (Å²) in [6.07, 6.45) is 38.0. The van der Waals surface area contributed by atoms with Gasteiger partial charge in [0.1, 0.15) is 0 Å². The average Bonchev–Trinajstić information content (AvgIpc) is 3.27. The number of allylic oxidation sites excluding steroid dienone is 18. The van der Waals surface area contributed by atoms with E-state index in [4.69, 9.17) is 0 Å². The third-order valence-electron chi connectivity index (χ3n) is 8.39. The smallest absolute Gasteiger partial charge is 0.182 e. The monoisotopic (exact) mass is 1020 g/mol. The van der Waals surface area contributed by atoms with E-state index in [0.717, 1.165) is 36.4 Å². The third kappa shape index (κ3) is 21.1. The molecule has 0 amide bonds. The zero-order valence-electron chi connectivity index (χ0n) is 37.9. The van der Waals surface area contributed by atoms with E-state index in [-0.39, 0.29) is 29.4 Å². The number of rotatable bonds is 24. The van der Waals surface area contributed by atoms with Crippen LogP contribution < -0.4 is 0 Å². The Morgan fingerprint density at radius 3 is 0.470 bits per heavy atom. The first-order valence-corrected chi connectivity index (χ1v) is 30.2. The Kier molecular flexibility index (Phi) is 25.9. The van der Waals surface area contributed by atoms with E-state index in [1.165, 1.54) is 36.5 Å². The highest BCUT2D eigenvalue weighted by molar-refractivity contribution is 7.94. The standard InChI is InChI=1S/2C24H30O6S3/c2*1-4-7-10-13-16-31(25,26)22-19-23(32(27,28)17-14-11-8-5-2)21-24(20-22)33(29,30)18-15-12-9-6-3/h2*4-15,19-21H,16-18H2,1-3H3. The first kappa shape index (κ1) is 59.0. The Balaban J connectivity index is 0.000000660. The summed E-state index contributed by atoms with van der Waals surface area (Å²) < 4.78 is 154. The number of hydrogen-bond donors (Lipinski definition) is 0. The van der Waals surface area contributed by atoms with Gasteiger partial charge in [-0.15, -0.1) is 0 Å². The molecule has 0 N–H and O–H groups in total. The van der Waals surface area contributed by atoms with Gasteiger partial charge in [-0.3, -0.25) is 0 Å². The van der Waals surface area contributed by atoms with E-state index < -0.39 is 93.5 Å². The van der Waals surface area contributed by atoms with Crippen LogP contribution in [0.25, 0.3) is 0 Å². The maximum atomic E-state index is 12.8. The van der Waals surface area contributed by atoms with Crippen LogP contribution in [0.3, 0.4) is 0 Å². The molecule has 2 aromatic rings. The van der Waals surface area contributed by atoms with Crippen LogP contribution in [0.5, 0.6) is 0 Å². The molecule has 0 aliphatic carbocycles. The van der Waals surface area contributed by atoms with Crippen LogP contribution in [-0.4, -0.2) is 85.0 Å². The van der Waals surface area contributed by atoms with Crippen molar-refractivity contribution in [2.75, 3.05) is 34.5 Å². The molecule has 0 bridgehead atoms. The Labute approximate surface area is 394 Å². The summed E-state index contributed by atoms with van der Waals surface area (Å²) in [6, 6.07) is 6.12. The summed E-state index contributed by atoms with van der Waals surface area (Å²) in [7, 11) is -23.8. The van der Waals surface area contributed by atoms with Crippen molar-refractivity contribution in [2.24, 2.45) is 0 Å². The summed E-state index contributed by atoms with van der Waals surface area (Å²) in [5.41, 5.74) is 0. The Morgan fingerprint density at radius 2 is 0.364 bits per heavy atom. The van der Waals surface area contributed by atoms with Crippen LogP contribution >= 0.6 is 0 Å². The highest BCUT2D eigenvalue weighted by Gasteiger charge is 2.26. The minimum atomic E-state index is -3.97. The lowest BCUT2D eigenvalue weighted by atomic mass is 10.4. The molecule has 12 nitrogen and oxygen atoms in total. The van der Waals surface area contributed by atoms with Crippen LogP contribution in [0.15, 0.2) is 212 Å². The maximum absolute atomic E-state index is 12.8. The molecule has 0 aliphatic rings. The van der Waals surface area contributed by atoms with Gasteiger partial charge in [-0.1, -0.05) is 146 Å². The molecule has 0 saturated heterocycles. The number of sulfone groups is 6. The first-order valence-electron chi connectivity index (χ1n) is 20.3. The zero-order chi connectivity index (χ0) is 49.9. The lowest BCUT2D eigenvalue weighted by molar-refractivity contribution is 0.589. The van der Waals surface area contributed by atoms with Gasteiger partial charge < -0.3 is 0 Å². The molecule has 0 saturated carbocycles. The topological polar surface area (TPSA) is 205 Å². The zero-order valence-corrected chi connectivity index (χ0v) is 42.8. The van der Waals surface area contributed by atoms with Crippen molar-refractivity contribution in [3.63, 3.8) is 0 Å². The fourth-order valence-corrected chi connectivity index (χ4v) is 12.4. The maximum Gasteiger partial charge on any atom is 0.182 e. The Hall–Kier alpha value is -4.98. The van der Waals surface area contributed by atoms with E-state index >= 15 is 0 Å². The summed E-state index contributed by atoms with van der Waals surface area (Å²) in [4.78, 5) is -2.15. The first-order chi connectivity index (χ1) is 31.0. The van der Waals surface area contributed by atoms with Crippen molar-refractivity contribution in [1.29, 1.82) is 0 Å². The van der Waals surface area contributed by atoms with Gasteiger partial charge in [0.15, 0.2) is 59.0 Å². The van der Waals surface area contributed by atoms with Crippen LogP contribution in [0.2, 0.25) is 0 Å². The van der Waals surface area contributed by atoms with Gasteiger partial charge in [0, 0.05) is 0 Å². The summed E-state index contributed by atoms with van der Waals surface area (Å²) in [5.74, 6) is -2.40. The predicted octanol–water partition coefficient (Wildman–Crippen LogP) is 8.81. The molecular formula is C48H60O12S6. The highest BCUT2D eigenvalue weighted by atomic mass is 32.2. The van der Waals surface area contributed by atoms with Crippen molar-refractivity contribution in [2.45, 2.75) is 70.9 Å². The van der Waals surface area contributed by atoms with Gasteiger partial charge in [-0.05, 0) is 77.9 Å². The SMILES string of the molecule is CC=CC=CCS(=O)(=O)c1cc(S(=O)(=O)CC=CC=CC)cc(S(=O)(=O)CC=CC=CC)c1.CC=CC=CCS(=O)(=O)c1cc(S(=O)(=O)CC=CC=CC)cc(S(=O)(=O)CC=CC=CC)c1. The van der Waals surface area contributed by atoms with Gasteiger partial charge in [0.05, 0.1) is 63.9 Å². The second-order valence-electron chi connectivity index (χ2n) is 13.7. The van der Waals surface area contributed by atoms with Gasteiger partial charge in [0.2, 0.25) is 0 Å². The molecule has 0 fully saturated rings. The van der Waals surface area contributed by atoms with Crippen molar-refractivity contribution >= 4 is 59.0 Å². The summed E-state index contributed by atoms with van der Waals surface area (Å²) in [6.45, 7) is 10.7. The highest BCUT2D eigenvalue weighted by Crippen LogP contribution is 2.27. The van der Waals surface area contributed by atoms with E-state index in [1.807, 2.05) is 0 Å². The molecule has 0 heterocycles. The van der Waals surface area contributed by atoms with Gasteiger partial charge in [0.25, 0.3) is 0 Å². The second-order valence-corrected chi connectivity index (χ2v) is 25.9. The predicted molar refractivity (Wildman–Crippen MR) is 269 cm³/mol. The van der Waals surface area contributed by atoms with Crippen molar-refractivity contribution < 1.29 is 50.5 Å². The van der Waals surface area contributed by atoms with Crippen molar-refractivity contribution in [3.8, 4) is 0 Å². The quantitative estimate of drug-likeness (QED) is 0.0905. The minimum absolute atomic E-state index is 0.359. The van der Waals surface area contributed by atoms with Gasteiger partial charge >= 0.3 is 0 Å². The normalized spacial score (nSPS) is 14.3. The van der Waals surface area contributed by atoms with Crippen LogP contribution in [-0.2, 0) is 59.0 Å². The molecule has 0 unspecified atom stereocenters. The molecule has 2 aromatic carbocycles. The summed E-state index contributed by atoms with van der Waals surface area (Å²) >= 11 is 0. The molecule has 66 heavy (non-hydrogen) atoms. The molecular weight excluding hydrogens is 961 g/mol. The molecule has 0 radical (unpaired) electrons. The van der Waals surface area contributed by atoms with Crippen LogP contribution in [0.4, 0.5) is 0 Å². The molecule has 360 valence electrons. The van der Waals surface area contributed by atoms with Gasteiger partial charge in [-0.2, -0.15) is 0 Å². The molecule has 18 heteroatoms. The van der Waals surface area contributed by atoms with E-state index in [9.17, 15) is 50.5 Å². The molecule has 0 aromatic heterocycles. The average molecular weight is 1020 g/mol. The molecule has 0 aliphatic heterocycles.